The van der Waals surface area contributed by atoms with Gasteiger partial charge in [0.15, 0.2) is 0 Å². The van der Waals surface area contributed by atoms with Crippen LogP contribution < -0.4 is 0 Å². The highest BCUT2D eigenvalue weighted by Gasteiger charge is 2.27. The summed E-state index contributed by atoms with van der Waals surface area (Å²) < 4.78 is 5.62. The molecule has 0 spiro atoms. The Balaban J connectivity index is 1.74. The number of nitrogens with one attached hydrogen (secondary N) is 1. The summed E-state index contributed by atoms with van der Waals surface area (Å²) in [6.07, 6.45) is 2.63. The van der Waals surface area contributed by atoms with Crippen LogP contribution in [0.25, 0.3) is 0 Å². The average Bonchev–Trinajstić information content (AvgIpc) is 2.90. The fourth-order valence-corrected chi connectivity index (χ4v) is 2.53. The third kappa shape index (κ3) is 1.61. The Morgan fingerprint density at radius 3 is 3.00 bits per heavy atom. The van der Waals surface area contributed by atoms with Crippen LogP contribution in [0.15, 0.2) is 24.3 Å². The lowest BCUT2D eigenvalue weighted by Gasteiger charge is -2.21. The summed E-state index contributed by atoms with van der Waals surface area (Å²) in [6, 6.07) is 8.19. The molecule has 0 aromatic heterocycles. The molecular formula is C13H16N2O. The minimum Gasteiger partial charge on any atom is -0.376 e. The smallest absolute Gasteiger partial charge is 0.128 e. The first-order chi connectivity index (χ1) is 7.84. The van der Waals surface area contributed by atoms with Crippen molar-refractivity contribution in [1.82, 2.24) is 4.90 Å². The maximum Gasteiger partial charge on any atom is 0.128 e. The fourth-order valence-electron chi connectivity index (χ4n) is 2.53. The lowest BCUT2D eigenvalue weighted by Crippen LogP contribution is -2.32. The lowest BCUT2D eigenvalue weighted by atomic mass is 10.1. The quantitative estimate of drug-likeness (QED) is 0.821. The van der Waals surface area contributed by atoms with Crippen LogP contribution in [0.3, 0.4) is 0 Å². The van der Waals surface area contributed by atoms with E-state index >= 15 is 0 Å². The van der Waals surface area contributed by atoms with Gasteiger partial charge in [-0.1, -0.05) is 24.3 Å². The summed E-state index contributed by atoms with van der Waals surface area (Å²) in [5.74, 6) is 0.658. The normalized spacial score (nSPS) is 23.9. The highest BCUT2D eigenvalue weighted by molar-refractivity contribution is 6.00. The summed E-state index contributed by atoms with van der Waals surface area (Å²) in [5.41, 5.74) is 2.35. The van der Waals surface area contributed by atoms with E-state index in [1.54, 1.807) is 0 Å². The predicted molar refractivity (Wildman–Crippen MR) is 62.7 cm³/mol. The number of hydrogen-bond acceptors (Lipinski definition) is 2. The molecule has 3 heteroatoms. The second-order valence-electron chi connectivity index (χ2n) is 4.52. The topological polar surface area (TPSA) is 36.3 Å². The molecule has 1 atom stereocenters. The van der Waals surface area contributed by atoms with Crippen LogP contribution >= 0.6 is 0 Å². The monoisotopic (exact) mass is 216 g/mol. The van der Waals surface area contributed by atoms with Crippen LogP contribution in [-0.4, -0.2) is 30.0 Å². The van der Waals surface area contributed by atoms with Gasteiger partial charge in [0.2, 0.25) is 0 Å². The Kier molecular flexibility index (Phi) is 2.40. The van der Waals surface area contributed by atoms with Gasteiger partial charge in [-0.2, -0.15) is 0 Å². The van der Waals surface area contributed by atoms with Gasteiger partial charge in [0, 0.05) is 25.3 Å². The summed E-state index contributed by atoms with van der Waals surface area (Å²) in [5, 5.41) is 8.12. The van der Waals surface area contributed by atoms with E-state index in [4.69, 9.17) is 10.1 Å². The molecule has 0 saturated carbocycles. The maximum absolute atomic E-state index is 8.12. The molecule has 16 heavy (non-hydrogen) atoms. The number of amidine groups is 1. The summed E-state index contributed by atoms with van der Waals surface area (Å²) in [6.45, 7) is 2.63. The van der Waals surface area contributed by atoms with E-state index in [9.17, 15) is 0 Å². The van der Waals surface area contributed by atoms with E-state index < -0.39 is 0 Å². The van der Waals surface area contributed by atoms with Crippen molar-refractivity contribution >= 4 is 5.84 Å². The van der Waals surface area contributed by atoms with Crippen molar-refractivity contribution in [3.8, 4) is 0 Å². The van der Waals surface area contributed by atoms with Gasteiger partial charge in [-0.15, -0.1) is 0 Å². The SMILES string of the molecule is N=C1c2ccccc2CN1C[C@@H]1CCCO1. The predicted octanol–water partition coefficient (Wildman–Crippen LogP) is 2.01. The van der Waals surface area contributed by atoms with Gasteiger partial charge in [-0.25, -0.2) is 0 Å². The second-order valence-corrected chi connectivity index (χ2v) is 4.52. The Morgan fingerprint density at radius 1 is 1.38 bits per heavy atom. The van der Waals surface area contributed by atoms with Gasteiger partial charge in [0.1, 0.15) is 5.84 Å². The number of fused-ring (bicyclic) bond motifs is 1. The number of ether oxygens (including phenoxy) is 1. The van der Waals surface area contributed by atoms with Gasteiger partial charge in [-0.05, 0) is 18.4 Å². The van der Waals surface area contributed by atoms with Crippen molar-refractivity contribution in [2.45, 2.75) is 25.5 Å². The van der Waals surface area contributed by atoms with Crippen molar-refractivity contribution in [2.24, 2.45) is 0 Å². The third-order valence-electron chi connectivity index (χ3n) is 3.40. The first-order valence-corrected chi connectivity index (χ1v) is 5.88. The highest BCUT2D eigenvalue weighted by Crippen LogP contribution is 2.24. The minimum absolute atomic E-state index is 0.328. The molecule has 0 radical (unpaired) electrons. The minimum atomic E-state index is 0.328. The van der Waals surface area contributed by atoms with Crippen molar-refractivity contribution < 1.29 is 4.74 Å². The number of nitrogens with zero attached hydrogens (tertiary/aromatic N) is 1. The van der Waals surface area contributed by atoms with Crippen molar-refractivity contribution in [1.29, 1.82) is 5.41 Å². The molecule has 3 nitrogen and oxygen atoms in total. The van der Waals surface area contributed by atoms with Crippen LogP contribution in [0.2, 0.25) is 0 Å². The van der Waals surface area contributed by atoms with Crippen LogP contribution in [0.5, 0.6) is 0 Å². The van der Waals surface area contributed by atoms with Crippen LogP contribution in [0.4, 0.5) is 0 Å². The van der Waals surface area contributed by atoms with E-state index in [2.05, 4.69) is 11.0 Å². The Morgan fingerprint density at radius 2 is 2.25 bits per heavy atom. The third-order valence-corrected chi connectivity index (χ3v) is 3.40. The van der Waals surface area contributed by atoms with Gasteiger partial charge >= 0.3 is 0 Å². The zero-order valence-electron chi connectivity index (χ0n) is 9.28. The van der Waals surface area contributed by atoms with Gasteiger partial charge in [-0.3, -0.25) is 5.41 Å². The molecule has 1 aromatic carbocycles. The number of rotatable bonds is 2. The Labute approximate surface area is 95.5 Å². The number of benzene rings is 1. The standard InChI is InChI=1S/C13H16N2O/c14-13-12-6-2-1-4-10(12)8-15(13)9-11-5-3-7-16-11/h1-2,4,6,11,14H,3,5,7-9H2/t11-/m0/s1. The van der Waals surface area contributed by atoms with E-state index in [1.807, 2.05) is 18.2 Å². The molecule has 84 valence electrons. The molecule has 1 fully saturated rings. The van der Waals surface area contributed by atoms with Gasteiger partial charge in [0.05, 0.1) is 6.10 Å². The van der Waals surface area contributed by atoms with Crippen LogP contribution in [0, 0.1) is 5.41 Å². The summed E-state index contributed by atoms with van der Waals surface area (Å²) >= 11 is 0. The Bertz CT molecular complexity index is 410. The lowest BCUT2D eigenvalue weighted by molar-refractivity contribution is 0.0911. The van der Waals surface area contributed by atoms with Gasteiger partial charge < -0.3 is 9.64 Å². The highest BCUT2D eigenvalue weighted by atomic mass is 16.5. The zero-order chi connectivity index (χ0) is 11.0. The largest absolute Gasteiger partial charge is 0.376 e. The summed E-state index contributed by atoms with van der Waals surface area (Å²) in [4.78, 5) is 2.13. The molecule has 2 aliphatic heterocycles. The van der Waals surface area contributed by atoms with E-state index in [0.29, 0.717) is 11.9 Å². The summed E-state index contributed by atoms with van der Waals surface area (Å²) in [7, 11) is 0. The van der Waals surface area contributed by atoms with Crippen molar-refractivity contribution in [3.63, 3.8) is 0 Å². The first-order valence-electron chi connectivity index (χ1n) is 5.88. The van der Waals surface area contributed by atoms with E-state index in [1.165, 1.54) is 12.0 Å². The molecule has 0 amide bonds. The molecule has 3 rings (SSSR count). The van der Waals surface area contributed by atoms with E-state index in [0.717, 1.165) is 31.7 Å². The molecule has 0 unspecified atom stereocenters. The zero-order valence-corrected chi connectivity index (χ0v) is 9.28. The molecule has 0 bridgehead atoms. The molecule has 1 N–H and O–H groups in total. The van der Waals surface area contributed by atoms with E-state index in [-0.39, 0.29) is 0 Å². The second kappa shape index (κ2) is 3.91. The molecule has 1 aromatic rings. The molecule has 1 saturated heterocycles. The van der Waals surface area contributed by atoms with Crippen LogP contribution in [-0.2, 0) is 11.3 Å². The molecule has 2 heterocycles. The maximum atomic E-state index is 8.12. The fraction of sp³-hybridized carbons (Fsp3) is 0.462. The average molecular weight is 216 g/mol. The number of hydrogen-bond donors (Lipinski definition) is 1. The van der Waals surface area contributed by atoms with Crippen molar-refractivity contribution in [3.05, 3.63) is 35.4 Å². The molecular weight excluding hydrogens is 200 g/mol. The molecule has 0 aliphatic carbocycles. The van der Waals surface area contributed by atoms with Crippen LogP contribution in [0.1, 0.15) is 24.0 Å². The molecule has 2 aliphatic rings. The van der Waals surface area contributed by atoms with Crippen molar-refractivity contribution in [2.75, 3.05) is 13.2 Å². The van der Waals surface area contributed by atoms with Gasteiger partial charge in [0.25, 0.3) is 0 Å². The first kappa shape index (κ1) is 9.85. The Hall–Kier alpha value is -1.35.